The van der Waals surface area contributed by atoms with Gasteiger partial charge in [0.2, 0.25) is 0 Å². The van der Waals surface area contributed by atoms with Crippen molar-refractivity contribution in [3.63, 3.8) is 0 Å². The molecule has 1 aliphatic heterocycles. The molecule has 0 aromatic heterocycles. The van der Waals surface area contributed by atoms with Gasteiger partial charge in [-0.25, -0.2) is 4.39 Å². The lowest BCUT2D eigenvalue weighted by atomic mass is 10.0. The topological polar surface area (TPSA) is 33.3 Å². The van der Waals surface area contributed by atoms with Crippen molar-refractivity contribution >= 4 is 0 Å². The Hall–Kier alpha value is -1.13. The number of methoxy groups -OCH3 is 1. The summed E-state index contributed by atoms with van der Waals surface area (Å²) in [7, 11) is 1.54. The van der Waals surface area contributed by atoms with E-state index in [1.165, 1.54) is 13.2 Å². The Kier molecular flexibility index (Phi) is 3.18. The van der Waals surface area contributed by atoms with Crippen molar-refractivity contribution in [1.82, 2.24) is 10.6 Å². The van der Waals surface area contributed by atoms with Crippen molar-refractivity contribution in [1.29, 1.82) is 0 Å². The van der Waals surface area contributed by atoms with Gasteiger partial charge >= 0.3 is 0 Å². The molecule has 0 amide bonds. The lowest BCUT2D eigenvalue weighted by molar-refractivity contribution is 0.401. The molecule has 0 bridgehead atoms. The Labute approximate surface area is 88.6 Å². The number of hydrogen-bond donors (Lipinski definition) is 2. The summed E-state index contributed by atoms with van der Waals surface area (Å²) in [5, 5.41) is 6.50. The maximum Gasteiger partial charge on any atom is 0.131 e. The van der Waals surface area contributed by atoms with Gasteiger partial charge in [-0.05, 0) is 6.07 Å². The van der Waals surface area contributed by atoms with Crippen LogP contribution in [0.15, 0.2) is 18.2 Å². The van der Waals surface area contributed by atoms with Gasteiger partial charge in [-0.1, -0.05) is 6.07 Å². The number of benzene rings is 1. The molecule has 2 rings (SSSR count). The highest BCUT2D eigenvalue weighted by molar-refractivity contribution is 5.31. The molecule has 1 saturated heterocycles. The molecule has 2 N–H and O–H groups in total. The van der Waals surface area contributed by atoms with Crippen molar-refractivity contribution in [2.45, 2.75) is 6.04 Å². The van der Waals surface area contributed by atoms with Crippen molar-refractivity contribution in [3.8, 4) is 5.75 Å². The predicted molar refractivity (Wildman–Crippen MR) is 56.6 cm³/mol. The number of hydrogen-bond acceptors (Lipinski definition) is 3. The van der Waals surface area contributed by atoms with E-state index in [1.54, 1.807) is 12.1 Å². The monoisotopic (exact) mass is 210 g/mol. The molecule has 1 fully saturated rings. The number of halogens is 1. The van der Waals surface area contributed by atoms with Crippen LogP contribution in [0.1, 0.15) is 11.6 Å². The molecule has 1 atom stereocenters. The Balaban J connectivity index is 2.19. The zero-order valence-corrected chi connectivity index (χ0v) is 8.72. The fraction of sp³-hybridized carbons (Fsp3) is 0.455. The Morgan fingerprint density at radius 2 is 2.27 bits per heavy atom. The standard InChI is InChI=1S/C11H15FN2O/c1-15-8-2-3-9(10(12)6-8)11-7-13-4-5-14-11/h2-3,6,11,13-14H,4-5,7H2,1H3/t11-/m0/s1. The van der Waals surface area contributed by atoms with E-state index in [0.717, 1.165) is 19.6 Å². The summed E-state index contributed by atoms with van der Waals surface area (Å²) in [5.74, 6) is 0.343. The van der Waals surface area contributed by atoms with Crippen molar-refractivity contribution in [2.75, 3.05) is 26.7 Å². The van der Waals surface area contributed by atoms with Gasteiger partial charge < -0.3 is 15.4 Å². The maximum absolute atomic E-state index is 13.7. The average molecular weight is 210 g/mol. The highest BCUT2D eigenvalue weighted by Crippen LogP contribution is 2.22. The summed E-state index contributed by atoms with van der Waals surface area (Å²) < 4.78 is 18.6. The summed E-state index contributed by atoms with van der Waals surface area (Å²) in [6.07, 6.45) is 0. The third-order valence-electron chi connectivity index (χ3n) is 2.62. The summed E-state index contributed by atoms with van der Waals surface area (Å²) >= 11 is 0. The second-order valence-corrected chi connectivity index (χ2v) is 3.60. The minimum atomic E-state index is -0.212. The van der Waals surface area contributed by atoms with Crippen LogP contribution in [0.4, 0.5) is 4.39 Å². The van der Waals surface area contributed by atoms with E-state index in [1.807, 2.05) is 0 Å². The van der Waals surface area contributed by atoms with Crippen LogP contribution < -0.4 is 15.4 Å². The zero-order valence-electron chi connectivity index (χ0n) is 8.72. The Morgan fingerprint density at radius 1 is 1.40 bits per heavy atom. The second-order valence-electron chi connectivity index (χ2n) is 3.60. The average Bonchev–Trinajstić information content (AvgIpc) is 2.30. The Bertz CT molecular complexity index is 337. The number of ether oxygens (including phenoxy) is 1. The molecular weight excluding hydrogens is 195 g/mol. The molecule has 1 aromatic rings. The fourth-order valence-corrected chi connectivity index (χ4v) is 1.79. The highest BCUT2D eigenvalue weighted by atomic mass is 19.1. The van der Waals surface area contributed by atoms with Gasteiger partial charge in [0.15, 0.2) is 0 Å². The van der Waals surface area contributed by atoms with Gasteiger partial charge in [0.1, 0.15) is 11.6 Å². The van der Waals surface area contributed by atoms with Crippen molar-refractivity contribution in [3.05, 3.63) is 29.6 Å². The van der Waals surface area contributed by atoms with E-state index in [0.29, 0.717) is 11.3 Å². The first-order valence-corrected chi connectivity index (χ1v) is 5.09. The summed E-state index contributed by atoms with van der Waals surface area (Å²) in [6, 6.07) is 5.05. The first-order chi connectivity index (χ1) is 7.31. The van der Waals surface area contributed by atoms with Gasteiger partial charge in [-0.3, -0.25) is 0 Å². The smallest absolute Gasteiger partial charge is 0.131 e. The largest absolute Gasteiger partial charge is 0.497 e. The van der Waals surface area contributed by atoms with Crippen LogP contribution in [0, 0.1) is 5.82 Å². The van der Waals surface area contributed by atoms with Crippen molar-refractivity contribution < 1.29 is 9.13 Å². The van der Waals surface area contributed by atoms with Gasteiger partial charge in [0.25, 0.3) is 0 Å². The van der Waals surface area contributed by atoms with Crippen LogP contribution in [0.25, 0.3) is 0 Å². The summed E-state index contributed by atoms with van der Waals surface area (Å²) in [5.41, 5.74) is 0.697. The van der Waals surface area contributed by atoms with Gasteiger partial charge in [0, 0.05) is 37.3 Å². The molecule has 0 unspecified atom stereocenters. The molecule has 0 spiro atoms. The molecule has 82 valence electrons. The van der Waals surface area contributed by atoms with Crippen molar-refractivity contribution in [2.24, 2.45) is 0 Å². The minimum Gasteiger partial charge on any atom is -0.497 e. The molecule has 15 heavy (non-hydrogen) atoms. The molecule has 4 heteroatoms. The van der Waals surface area contributed by atoms with Crippen LogP contribution in [0.2, 0.25) is 0 Å². The molecular formula is C11H15FN2O. The molecule has 1 heterocycles. The molecule has 3 nitrogen and oxygen atoms in total. The van der Waals surface area contributed by atoms with Crippen LogP contribution in [-0.4, -0.2) is 26.7 Å². The van der Waals surface area contributed by atoms with E-state index < -0.39 is 0 Å². The normalized spacial score (nSPS) is 21.3. The second kappa shape index (κ2) is 4.59. The van der Waals surface area contributed by atoms with E-state index in [9.17, 15) is 4.39 Å². The predicted octanol–water partition coefficient (Wildman–Crippen LogP) is 1.07. The quantitative estimate of drug-likeness (QED) is 0.766. The first kappa shape index (κ1) is 10.4. The van der Waals surface area contributed by atoms with Crippen LogP contribution in [-0.2, 0) is 0 Å². The highest BCUT2D eigenvalue weighted by Gasteiger charge is 2.17. The molecule has 1 aromatic carbocycles. The lowest BCUT2D eigenvalue weighted by Gasteiger charge is -2.25. The van der Waals surface area contributed by atoms with Gasteiger partial charge in [-0.2, -0.15) is 0 Å². The summed E-state index contributed by atoms with van der Waals surface area (Å²) in [4.78, 5) is 0. The third kappa shape index (κ3) is 2.27. The molecule has 0 saturated carbocycles. The van der Waals surface area contributed by atoms with E-state index in [4.69, 9.17) is 4.74 Å². The molecule has 1 aliphatic rings. The number of piperazine rings is 1. The zero-order chi connectivity index (χ0) is 10.7. The molecule has 0 aliphatic carbocycles. The van der Waals surface area contributed by atoms with E-state index in [-0.39, 0.29) is 11.9 Å². The Morgan fingerprint density at radius 3 is 2.87 bits per heavy atom. The van der Waals surface area contributed by atoms with Crippen LogP contribution in [0.5, 0.6) is 5.75 Å². The SMILES string of the molecule is COc1ccc([C@@H]2CNCCN2)c(F)c1. The maximum atomic E-state index is 13.7. The summed E-state index contributed by atoms with van der Waals surface area (Å²) in [6.45, 7) is 2.58. The fourth-order valence-electron chi connectivity index (χ4n) is 1.79. The van der Waals surface area contributed by atoms with Gasteiger partial charge in [0.05, 0.1) is 7.11 Å². The number of nitrogens with one attached hydrogen (secondary N) is 2. The van der Waals surface area contributed by atoms with Crippen LogP contribution >= 0.6 is 0 Å². The third-order valence-corrected chi connectivity index (χ3v) is 2.62. The number of rotatable bonds is 2. The van der Waals surface area contributed by atoms with Crippen LogP contribution in [0.3, 0.4) is 0 Å². The van der Waals surface area contributed by atoms with Gasteiger partial charge in [-0.15, -0.1) is 0 Å². The first-order valence-electron chi connectivity index (χ1n) is 5.09. The minimum absolute atomic E-state index is 0.0599. The molecule has 0 radical (unpaired) electrons. The van der Waals surface area contributed by atoms with E-state index >= 15 is 0 Å². The van der Waals surface area contributed by atoms with E-state index in [2.05, 4.69) is 10.6 Å². The lowest BCUT2D eigenvalue weighted by Crippen LogP contribution is -2.42.